The van der Waals surface area contributed by atoms with E-state index in [1.165, 1.54) is 11.0 Å². The Labute approximate surface area is 129 Å². The maximum atomic E-state index is 12.8. The number of amides is 1. The first kappa shape index (κ1) is 14.6. The van der Waals surface area contributed by atoms with Gasteiger partial charge in [0.05, 0.1) is 5.69 Å². The number of nitrogens with two attached hydrogens (primary N) is 1. The van der Waals surface area contributed by atoms with Gasteiger partial charge in [0.2, 0.25) is 0 Å². The van der Waals surface area contributed by atoms with Crippen molar-refractivity contribution < 1.29 is 4.79 Å². The molecular weight excluding hydrogens is 280 g/mol. The molecule has 1 fully saturated rings. The van der Waals surface area contributed by atoms with Gasteiger partial charge in [-0.1, -0.05) is 13.0 Å². The summed E-state index contributed by atoms with van der Waals surface area (Å²) < 4.78 is 1.54. The van der Waals surface area contributed by atoms with Gasteiger partial charge in [-0.05, 0) is 47.4 Å². The van der Waals surface area contributed by atoms with Gasteiger partial charge in [0.1, 0.15) is 6.33 Å². The van der Waals surface area contributed by atoms with Crippen LogP contribution in [0, 0.1) is 5.92 Å². The largest absolute Gasteiger partial charge is 0.334 e. The summed E-state index contributed by atoms with van der Waals surface area (Å²) >= 11 is 0. The van der Waals surface area contributed by atoms with E-state index in [1.807, 2.05) is 29.2 Å². The van der Waals surface area contributed by atoms with Gasteiger partial charge in [-0.15, -0.1) is 5.10 Å². The Hall–Kier alpha value is -2.28. The molecule has 0 radical (unpaired) electrons. The second-order valence-corrected chi connectivity index (χ2v) is 5.82. The summed E-state index contributed by atoms with van der Waals surface area (Å²) in [5.41, 5.74) is 7.26. The number of tetrazole rings is 1. The molecule has 22 heavy (non-hydrogen) atoms. The number of rotatable bonds is 3. The third-order valence-electron chi connectivity index (χ3n) is 4.22. The van der Waals surface area contributed by atoms with E-state index in [2.05, 4.69) is 22.4 Å². The molecule has 1 aliphatic rings. The monoisotopic (exact) mass is 300 g/mol. The molecule has 1 amide bonds. The highest BCUT2D eigenvalue weighted by molar-refractivity contribution is 5.95. The van der Waals surface area contributed by atoms with E-state index in [-0.39, 0.29) is 11.9 Å². The highest BCUT2D eigenvalue weighted by atomic mass is 16.2. The number of carbonyl (C=O) groups excluding carboxylic acids is 1. The van der Waals surface area contributed by atoms with E-state index in [4.69, 9.17) is 5.73 Å². The van der Waals surface area contributed by atoms with E-state index >= 15 is 0 Å². The predicted molar refractivity (Wildman–Crippen MR) is 81.4 cm³/mol. The average molecular weight is 300 g/mol. The summed E-state index contributed by atoms with van der Waals surface area (Å²) in [6.45, 7) is 3.47. The molecule has 0 spiro atoms. The average Bonchev–Trinajstić information content (AvgIpc) is 3.08. The van der Waals surface area contributed by atoms with Crippen LogP contribution in [0.3, 0.4) is 0 Å². The second kappa shape index (κ2) is 6.23. The molecule has 2 atom stereocenters. The number of aromatic nitrogens is 4. The van der Waals surface area contributed by atoms with Crippen LogP contribution in [0.15, 0.2) is 30.6 Å². The van der Waals surface area contributed by atoms with Crippen LogP contribution >= 0.6 is 0 Å². The van der Waals surface area contributed by atoms with Crippen LogP contribution in [-0.2, 0) is 0 Å². The molecular formula is C15H20N6O. The zero-order valence-corrected chi connectivity index (χ0v) is 12.6. The van der Waals surface area contributed by atoms with Gasteiger partial charge in [-0.2, -0.15) is 0 Å². The highest BCUT2D eigenvalue weighted by Gasteiger charge is 2.29. The fourth-order valence-corrected chi connectivity index (χ4v) is 2.97. The molecule has 0 saturated carbocycles. The Balaban J connectivity index is 1.84. The van der Waals surface area contributed by atoms with Crippen molar-refractivity contribution in [1.82, 2.24) is 25.1 Å². The molecule has 2 aromatic rings. The Morgan fingerprint density at radius 1 is 1.45 bits per heavy atom. The second-order valence-electron chi connectivity index (χ2n) is 5.82. The zero-order chi connectivity index (χ0) is 15.5. The minimum Gasteiger partial charge on any atom is -0.334 e. The quantitative estimate of drug-likeness (QED) is 0.908. The Bertz CT molecular complexity index is 641. The van der Waals surface area contributed by atoms with Crippen LogP contribution in [0.25, 0.3) is 5.69 Å². The number of likely N-dealkylation sites (tertiary alicyclic amines) is 1. The van der Waals surface area contributed by atoms with Crippen molar-refractivity contribution in [1.29, 1.82) is 0 Å². The molecule has 2 unspecified atom stereocenters. The Morgan fingerprint density at radius 3 is 3.05 bits per heavy atom. The number of benzene rings is 1. The van der Waals surface area contributed by atoms with Crippen molar-refractivity contribution in [2.45, 2.75) is 25.8 Å². The summed E-state index contributed by atoms with van der Waals surface area (Å²) in [5, 5.41) is 11.1. The van der Waals surface area contributed by atoms with Crippen molar-refractivity contribution in [3.63, 3.8) is 0 Å². The van der Waals surface area contributed by atoms with Crippen molar-refractivity contribution in [3.05, 3.63) is 36.2 Å². The number of hydrogen-bond acceptors (Lipinski definition) is 5. The smallest absolute Gasteiger partial charge is 0.254 e. The lowest BCUT2D eigenvalue weighted by Crippen LogP contribution is -2.49. The molecule has 3 rings (SSSR count). The molecule has 1 aromatic heterocycles. The minimum absolute atomic E-state index is 0.0253. The molecule has 2 heterocycles. The van der Waals surface area contributed by atoms with Crippen molar-refractivity contribution in [2.75, 3.05) is 13.1 Å². The molecule has 1 aliphatic heterocycles. The van der Waals surface area contributed by atoms with Crippen LogP contribution in [-0.4, -0.2) is 50.1 Å². The summed E-state index contributed by atoms with van der Waals surface area (Å²) in [7, 11) is 0. The number of nitrogens with zero attached hydrogens (tertiary/aromatic N) is 5. The van der Waals surface area contributed by atoms with Crippen molar-refractivity contribution >= 4 is 5.91 Å². The molecule has 116 valence electrons. The van der Waals surface area contributed by atoms with E-state index < -0.39 is 0 Å². The number of piperidine rings is 1. The SMILES string of the molecule is CC1CCN(C(=O)c2cccc(-n3cnnn3)c2)C(CN)C1. The fourth-order valence-electron chi connectivity index (χ4n) is 2.97. The maximum Gasteiger partial charge on any atom is 0.254 e. The number of carbonyl (C=O) groups is 1. The van der Waals surface area contributed by atoms with E-state index in [1.54, 1.807) is 0 Å². The van der Waals surface area contributed by atoms with Gasteiger partial charge in [0, 0.05) is 24.7 Å². The van der Waals surface area contributed by atoms with E-state index in [9.17, 15) is 4.79 Å². The lowest BCUT2D eigenvalue weighted by molar-refractivity contribution is 0.0573. The molecule has 7 nitrogen and oxygen atoms in total. The first-order valence-corrected chi connectivity index (χ1v) is 7.53. The van der Waals surface area contributed by atoms with Gasteiger partial charge in [-0.25, -0.2) is 4.68 Å². The summed E-state index contributed by atoms with van der Waals surface area (Å²) in [6.07, 6.45) is 3.50. The molecule has 7 heteroatoms. The third-order valence-corrected chi connectivity index (χ3v) is 4.22. The van der Waals surface area contributed by atoms with Gasteiger partial charge < -0.3 is 10.6 Å². The van der Waals surface area contributed by atoms with Gasteiger partial charge in [0.15, 0.2) is 0 Å². The molecule has 0 aliphatic carbocycles. The van der Waals surface area contributed by atoms with E-state index in [0.29, 0.717) is 18.0 Å². The first-order chi connectivity index (χ1) is 10.7. The standard InChI is InChI=1S/C15H20N6O/c1-11-5-6-20(14(7-11)9-16)15(22)12-3-2-4-13(8-12)21-10-17-18-19-21/h2-4,8,10-11,14H,5-7,9,16H2,1H3. The normalized spacial score (nSPS) is 21.8. The van der Waals surface area contributed by atoms with E-state index in [0.717, 1.165) is 25.1 Å². The summed E-state index contributed by atoms with van der Waals surface area (Å²) in [4.78, 5) is 14.7. The van der Waals surface area contributed by atoms with Gasteiger partial charge >= 0.3 is 0 Å². The van der Waals surface area contributed by atoms with Crippen LogP contribution in [0.1, 0.15) is 30.1 Å². The van der Waals surface area contributed by atoms with Crippen LogP contribution in [0.2, 0.25) is 0 Å². The zero-order valence-electron chi connectivity index (χ0n) is 12.6. The van der Waals surface area contributed by atoms with Crippen molar-refractivity contribution in [2.24, 2.45) is 11.7 Å². The van der Waals surface area contributed by atoms with Gasteiger partial charge in [0.25, 0.3) is 5.91 Å². The summed E-state index contributed by atoms with van der Waals surface area (Å²) in [5.74, 6) is 0.641. The lowest BCUT2D eigenvalue weighted by atomic mass is 9.92. The first-order valence-electron chi connectivity index (χ1n) is 7.53. The maximum absolute atomic E-state index is 12.8. The summed E-state index contributed by atoms with van der Waals surface area (Å²) in [6, 6.07) is 7.46. The molecule has 0 bridgehead atoms. The van der Waals surface area contributed by atoms with Crippen LogP contribution in [0.4, 0.5) is 0 Å². The topological polar surface area (TPSA) is 89.9 Å². The van der Waals surface area contributed by atoms with Crippen LogP contribution in [0.5, 0.6) is 0 Å². The lowest BCUT2D eigenvalue weighted by Gasteiger charge is -2.38. The fraction of sp³-hybridized carbons (Fsp3) is 0.467. The van der Waals surface area contributed by atoms with Crippen molar-refractivity contribution in [3.8, 4) is 5.69 Å². The predicted octanol–water partition coefficient (Wildman–Crippen LogP) is 0.862. The Kier molecular flexibility index (Phi) is 4.15. The highest BCUT2D eigenvalue weighted by Crippen LogP contribution is 2.24. The molecule has 1 saturated heterocycles. The minimum atomic E-state index is 0.0253. The molecule has 2 N–H and O–H groups in total. The van der Waals surface area contributed by atoms with Crippen LogP contribution < -0.4 is 5.73 Å². The van der Waals surface area contributed by atoms with Gasteiger partial charge in [-0.3, -0.25) is 4.79 Å². The third kappa shape index (κ3) is 2.85. The Morgan fingerprint density at radius 2 is 2.32 bits per heavy atom. The number of hydrogen-bond donors (Lipinski definition) is 1. The molecule has 1 aromatic carbocycles.